The second kappa shape index (κ2) is 9.68. The Kier molecular flexibility index (Phi) is 6.07. The second-order valence-corrected chi connectivity index (χ2v) is 9.67. The monoisotopic (exact) mass is 507 g/mol. The number of aromatic amines is 1. The average molecular weight is 508 g/mol. The quantitative estimate of drug-likeness (QED) is 0.268. The third-order valence-electron chi connectivity index (χ3n) is 6.84. The maximum Gasteiger partial charge on any atom is 0.257 e. The summed E-state index contributed by atoms with van der Waals surface area (Å²) in [5.74, 6) is -0.252. The molecule has 5 aromatic rings. The molecule has 1 aromatic heterocycles. The lowest BCUT2D eigenvalue weighted by Gasteiger charge is -2.14. The van der Waals surface area contributed by atoms with Gasteiger partial charge in [-0.2, -0.15) is 5.10 Å². The summed E-state index contributed by atoms with van der Waals surface area (Å²) in [6, 6.07) is 30.2. The van der Waals surface area contributed by atoms with Crippen molar-refractivity contribution in [1.29, 1.82) is 0 Å². The molecule has 6 heteroatoms. The first-order valence-electron chi connectivity index (χ1n) is 12.1. The summed E-state index contributed by atoms with van der Waals surface area (Å²) >= 11 is 6.36. The molecule has 4 nitrogen and oxygen atoms in total. The highest BCUT2D eigenvalue weighted by Crippen LogP contribution is 2.30. The Morgan fingerprint density at radius 2 is 1.59 bits per heavy atom. The number of halogens is 2. The molecule has 1 unspecified atom stereocenters. The molecule has 1 atom stereocenters. The van der Waals surface area contributed by atoms with E-state index >= 15 is 0 Å². The number of nitrogens with zero attached hydrogens (tertiary/aromatic N) is 1. The second-order valence-electron chi connectivity index (χ2n) is 9.23. The zero-order valence-electron chi connectivity index (χ0n) is 19.8. The van der Waals surface area contributed by atoms with Crippen molar-refractivity contribution in [2.75, 3.05) is 0 Å². The van der Waals surface area contributed by atoms with Gasteiger partial charge >= 0.3 is 0 Å². The fraction of sp³-hybridized carbons (Fsp3) is 0.0968. The Balaban J connectivity index is 1.33. The van der Waals surface area contributed by atoms with E-state index in [0.29, 0.717) is 23.4 Å². The topological polar surface area (TPSA) is 57.2 Å². The molecular weight excluding hydrogens is 485 g/mol. The van der Waals surface area contributed by atoms with Gasteiger partial charge in [0.15, 0.2) is 0 Å². The highest BCUT2D eigenvalue weighted by atomic mass is 35.5. The van der Waals surface area contributed by atoms with E-state index in [-0.39, 0.29) is 17.4 Å². The first-order chi connectivity index (χ1) is 18.0. The molecule has 0 saturated heterocycles. The van der Waals surface area contributed by atoms with Crippen LogP contribution in [0.2, 0.25) is 5.02 Å². The molecule has 1 aliphatic rings. The van der Waals surface area contributed by atoms with Gasteiger partial charge < -0.3 is 10.4 Å². The highest BCUT2D eigenvalue weighted by molar-refractivity contribution is 6.31. The molecule has 0 bridgehead atoms. The van der Waals surface area contributed by atoms with E-state index in [9.17, 15) is 9.18 Å². The Hall–Kier alpha value is -4.22. The molecule has 0 spiro atoms. The molecule has 37 heavy (non-hydrogen) atoms. The molecule has 4 aromatic carbocycles. The van der Waals surface area contributed by atoms with Crippen LogP contribution in [0.3, 0.4) is 0 Å². The largest absolute Gasteiger partial charge is 0.321 e. The summed E-state index contributed by atoms with van der Waals surface area (Å²) in [6.07, 6.45) is 1.17. The van der Waals surface area contributed by atoms with Crippen molar-refractivity contribution in [3.8, 4) is 11.1 Å². The van der Waals surface area contributed by atoms with Gasteiger partial charge in [-0.3, -0.25) is 4.79 Å². The zero-order valence-corrected chi connectivity index (χ0v) is 20.6. The third-order valence-corrected chi connectivity index (χ3v) is 7.07. The predicted molar refractivity (Wildman–Crippen MR) is 148 cm³/mol. The Labute approximate surface area is 218 Å². The van der Waals surface area contributed by atoms with Gasteiger partial charge in [0.25, 0.3) is 5.56 Å². The van der Waals surface area contributed by atoms with Crippen molar-refractivity contribution >= 4 is 28.2 Å². The van der Waals surface area contributed by atoms with Crippen LogP contribution in [0.5, 0.6) is 0 Å². The van der Waals surface area contributed by atoms with Gasteiger partial charge in [0.1, 0.15) is 5.82 Å². The van der Waals surface area contributed by atoms with Gasteiger partial charge in [-0.15, -0.1) is 0 Å². The minimum atomic E-state index is -0.252. The van der Waals surface area contributed by atoms with Crippen LogP contribution in [-0.4, -0.2) is 10.7 Å². The van der Waals surface area contributed by atoms with Crippen LogP contribution in [0.15, 0.2) is 107 Å². The minimum absolute atomic E-state index is 0.0590. The van der Waals surface area contributed by atoms with E-state index in [2.05, 4.69) is 27.6 Å². The fourth-order valence-electron chi connectivity index (χ4n) is 4.96. The number of rotatable bonds is 5. The number of hydrogen-bond acceptors (Lipinski definition) is 3. The van der Waals surface area contributed by atoms with E-state index in [0.717, 1.165) is 44.4 Å². The molecular formula is C31H23ClFN3O. The number of hydrazone groups is 1. The summed E-state index contributed by atoms with van der Waals surface area (Å²) in [4.78, 5) is 16.4. The van der Waals surface area contributed by atoms with Crippen LogP contribution >= 0.6 is 11.6 Å². The Morgan fingerprint density at radius 1 is 0.892 bits per heavy atom. The number of fused-ring (bicyclic) bond motifs is 1. The van der Waals surface area contributed by atoms with Crippen LogP contribution in [0.25, 0.3) is 22.0 Å². The third kappa shape index (κ3) is 4.66. The summed E-state index contributed by atoms with van der Waals surface area (Å²) in [5, 5.41) is 6.15. The lowest BCUT2D eigenvalue weighted by molar-refractivity contribution is 0.620. The maximum atomic E-state index is 13.4. The van der Waals surface area contributed by atoms with Gasteiger partial charge in [0.2, 0.25) is 0 Å². The zero-order chi connectivity index (χ0) is 25.4. The molecule has 1 aliphatic heterocycles. The molecule has 0 aliphatic carbocycles. The maximum absolute atomic E-state index is 13.4. The van der Waals surface area contributed by atoms with Crippen molar-refractivity contribution < 1.29 is 4.39 Å². The van der Waals surface area contributed by atoms with Crippen molar-refractivity contribution in [1.82, 2.24) is 10.4 Å². The first-order valence-corrected chi connectivity index (χ1v) is 12.5. The van der Waals surface area contributed by atoms with E-state index < -0.39 is 0 Å². The lowest BCUT2D eigenvalue weighted by atomic mass is 9.91. The minimum Gasteiger partial charge on any atom is -0.321 e. The summed E-state index contributed by atoms with van der Waals surface area (Å²) in [6.45, 7) is 0. The van der Waals surface area contributed by atoms with E-state index in [4.69, 9.17) is 11.6 Å². The fourth-order valence-corrected chi connectivity index (χ4v) is 5.13. The number of hydrogen-bond donors (Lipinski definition) is 2. The van der Waals surface area contributed by atoms with Gasteiger partial charge in [0.05, 0.1) is 17.3 Å². The smallest absolute Gasteiger partial charge is 0.257 e. The van der Waals surface area contributed by atoms with Crippen LogP contribution < -0.4 is 11.0 Å². The molecule has 182 valence electrons. The highest BCUT2D eigenvalue weighted by Gasteiger charge is 2.26. The normalized spacial score (nSPS) is 15.0. The standard InChI is InChI=1S/C31H23ClFN3O/c32-23-12-15-27-25(17-23)26(16-19-4-2-1-3-5-19)30(31(37)34-27)29-18-28(35-36-29)22-8-6-20(7-9-22)21-10-13-24(33)14-11-21/h1-15,17,28,35H,16,18H2,(H,34,37). The predicted octanol–water partition coefficient (Wildman–Crippen LogP) is 7.02. The van der Waals surface area contributed by atoms with Gasteiger partial charge in [-0.05, 0) is 64.6 Å². The lowest BCUT2D eigenvalue weighted by Crippen LogP contribution is -2.21. The van der Waals surface area contributed by atoms with Crippen molar-refractivity contribution in [3.05, 3.63) is 141 Å². The van der Waals surface area contributed by atoms with Crippen LogP contribution in [0.4, 0.5) is 4.39 Å². The average Bonchev–Trinajstić information content (AvgIpc) is 3.40. The molecule has 2 heterocycles. The van der Waals surface area contributed by atoms with Crippen molar-refractivity contribution in [2.24, 2.45) is 5.10 Å². The summed E-state index contributed by atoms with van der Waals surface area (Å²) < 4.78 is 13.3. The Morgan fingerprint density at radius 3 is 2.32 bits per heavy atom. The molecule has 0 saturated carbocycles. The van der Waals surface area contributed by atoms with E-state index in [1.807, 2.05) is 54.6 Å². The SMILES string of the molecule is O=c1[nH]c2ccc(Cl)cc2c(Cc2ccccc2)c1C1=NNC(c2ccc(-c3ccc(F)cc3)cc2)C1. The van der Waals surface area contributed by atoms with Gasteiger partial charge in [0, 0.05) is 22.3 Å². The Bertz CT molecular complexity index is 1680. The molecule has 2 N–H and O–H groups in total. The first kappa shape index (κ1) is 23.2. The van der Waals surface area contributed by atoms with Gasteiger partial charge in [-0.1, -0.05) is 78.3 Å². The van der Waals surface area contributed by atoms with E-state index in [1.165, 1.54) is 12.1 Å². The van der Waals surface area contributed by atoms with Crippen molar-refractivity contribution in [3.63, 3.8) is 0 Å². The number of benzene rings is 4. The van der Waals surface area contributed by atoms with Crippen LogP contribution in [0.1, 0.15) is 34.7 Å². The van der Waals surface area contributed by atoms with Crippen LogP contribution in [0, 0.1) is 5.82 Å². The van der Waals surface area contributed by atoms with Crippen molar-refractivity contribution in [2.45, 2.75) is 18.9 Å². The number of pyridine rings is 1. The molecule has 0 amide bonds. The summed E-state index contributed by atoms with van der Waals surface area (Å²) in [5.41, 5.74) is 10.2. The number of H-pyrrole nitrogens is 1. The number of nitrogens with one attached hydrogen (secondary N) is 2. The van der Waals surface area contributed by atoms with Crippen LogP contribution in [-0.2, 0) is 6.42 Å². The molecule has 6 rings (SSSR count). The number of aromatic nitrogens is 1. The van der Waals surface area contributed by atoms with Gasteiger partial charge in [-0.25, -0.2) is 4.39 Å². The van der Waals surface area contributed by atoms with E-state index in [1.54, 1.807) is 18.2 Å². The molecule has 0 fully saturated rings. The molecule has 0 radical (unpaired) electrons. The summed E-state index contributed by atoms with van der Waals surface area (Å²) in [7, 11) is 0.